The predicted octanol–water partition coefficient (Wildman–Crippen LogP) is 5.78. The van der Waals surface area contributed by atoms with E-state index in [0.29, 0.717) is 17.0 Å². The first-order chi connectivity index (χ1) is 9.16. The number of alkyl halides is 1. The van der Waals surface area contributed by atoms with Crippen molar-refractivity contribution < 1.29 is 4.39 Å². The molecule has 0 amide bonds. The van der Waals surface area contributed by atoms with Gasteiger partial charge in [-0.3, -0.25) is 0 Å². The number of rotatable bonds is 5. The molecule has 0 saturated heterocycles. The second kappa shape index (κ2) is 6.93. The van der Waals surface area contributed by atoms with Crippen molar-refractivity contribution in [2.75, 3.05) is 0 Å². The van der Waals surface area contributed by atoms with Gasteiger partial charge in [-0.25, -0.2) is 4.39 Å². The van der Waals surface area contributed by atoms with Gasteiger partial charge in [0, 0.05) is 5.02 Å². The van der Waals surface area contributed by atoms with E-state index >= 15 is 0 Å². The highest BCUT2D eigenvalue weighted by Gasteiger charge is 2.08. The first-order valence-corrected chi connectivity index (χ1v) is 7.11. The average Bonchev–Trinajstić information content (AvgIpc) is 2.43. The van der Waals surface area contributed by atoms with Gasteiger partial charge >= 0.3 is 0 Å². The van der Waals surface area contributed by atoms with E-state index in [1.807, 2.05) is 30.3 Å². The third kappa shape index (κ3) is 4.22. The van der Waals surface area contributed by atoms with Crippen LogP contribution in [-0.4, -0.2) is 0 Å². The van der Waals surface area contributed by atoms with E-state index in [2.05, 4.69) is 0 Å². The molecule has 0 heterocycles. The Balaban J connectivity index is 1.88. The molecule has 0 N–H and O–H groups in total. The van der Waals surface area contributed by atoms with E-state index in [1.165, 1.54) is 6.07 Å². The van der Waals surface area contributed by atoms with Gasteiger partial charge in [0.15, 0.2) is 0 Å². The normalized spacial score (nSPS) is 12.4. The van der Waals surface area contributed by atoms with Crippen molar-refractivity contribution in [1.29, 1.82) is 0 Å². The van der Waals surface area contributed by atoms with Crippen LogP contribution in [0.4, 0.5) is 4.39 Å². The molecule has 2 rings (SSSR count). The van der Waals surface area contributed by atoms with Crippen LogP contribution in [0.15, 0.2) is 48.5 Å². The van der Waals surface area contributed by atoms with E-state index < -0.39 is 0 Å². The second-order valence-electron chi connectivity index (χ2n) is 4.51. The molecule has 1 atom stereocenters. The largest absolute Gasteiger partial charge is 0.207 e. The Kier molecular flexibility index (Phi) is 5.24. The average molecular weight is 297 g/mol. The third-order valence-corrected chi connectivity index (χ3v) is 3.78. The van der Waals surface area contributed by atoms with Crippen LogP contribution in [0.25, 0.3) is 0 Å². The van der Waals surface area contributed by atoms with Crippen LogP contribution in [-0.2, 0) is 6.42 Å². The molecule has 3 heteroatoms. The van der Waals surface area contributed by atoms with E-state index in [4.69, 9.17) is 23.2 Å². The number of aryl methyl sites for hydroxylation is 1. The van der Waals surface area contributed by atoms with Crippen LogP contribution >= 0.6 is 23.2 Å². The topological polar surface area (TPSA) is 0 Å². The van der Waals surface area contributed by atoms with Crippen LogP contribution in [0.3, 0.4) is 0 Å². The summed E-state index contributed by atoms with van der Waals surface area (Å²) in [6, 6.07) is 14.6. The minimum atomic E-state index is -0.199. The number of hydrogen-bond acceptors (Lipinski definition) is 0. The van der Waals surface area contributed by atoms with Crippen LogP contribution < -0.4 is 0 Å². The smallest absolute Gasteiger partial charge is 0.126 e. The van der Waals surface area contributed by atoms with Crippen molar-refractivity contribution >= 4 is 23.2 Å². The summed E-state index contributed by atoms with van der Waals surface area (Å²) in [4.78, 5) is 0. The molecule has 0 aromatic heterocycles. The van der Waals surface area contributed by atoms with Gasteiger partial charge in [0.2, 0.25) is 0 Å². The lowest BCUT2D eigenvalue weighted by atomic mass is 10.0. The van der Waals surface area contributed by atoms with E-state index in [-0.39, 0.29) is 11.2 Å². The molecule has 0 nitrogen and oxygen atoms in total. The molecule has 100 valence electrons. The maximum absolute atomic E-state index is 13.5. The first-order valence-electron chi connectivity index (χ1n) is 6.30. The second-order valence-corrected chi connectivity index (χ2v) is 5.47. The van der Waals surface area contributed by atoms with Gasteiger partial charge < -0.3 is 0 Å². The molecule has 2 aromatic carbocycles. The van der Waals surface area contributed by atoms with Gasteiger partial charge in [-0.15, -0.1) is 11.6 Å². The summed E-state index contributed by atoms with van der Waals surface area (Å²) < 4.78 is 13.5. The Labute approximate surface area is 123 Å². The van der Waals surface area contributed by atoms with Crippen molar-refractivity contribution in [2.45, 2.75) is 24.6 Å². The van der Waals surface area contributed by atoms with Gasteiger partial charge in [-0.2, -0.15) is 0 Å². The van der Waals surface area contributed by atoms with Gasteiger partial charge in [0.1, 0.15) is 5.82 Å². The molecule has 0 aliphatic carbocycles. The highest BCUT2D eigenvalue weighted by Crippen LogP contribution is 2.26. The van der Waals surface area contributed by atoms with Gasteiger partial charge in [0.25, 0.3) is 0 Å². The molecule has 0 bridgehead atoms. The zero-order valence-corrected chi connectivity index (χ0v) is 12.0. The Bertz CT molecular complexity index is 526. The molecule has 0 spiro atoms. The summed E-state index contributed by atoms with van der Waals surface area (Å²) >= 11 is 12.2. The summed E-state index contributed by atoms with van der Waals surface area (Å²) in [5.41, 5.74) is 1.76. The van der Waals surface area contributed by atoms with Crippen LogP contribution in [0.5, 0.6) is 0 Å². The fourth-order valence-electron chi connectivity index (χ4n) is 2.04. The molecule has 0 aliphatic heterocycles. The maximum atomic E-state index is 13.5. The summed E-state index contributed by atoms with van der Waals surface area (Å²) in [6.07, 6.45) is 2.31. The Hall–Kier alpha value is -1.05. The molecule has 0 aliphatic rings. The highest BCUT2D eigenvalue weighted by atomic mass is 35.5. The highest BCUT2D eigenvalue weighted by molar-refractivity contribution is 6.30. The first kappa shape index (κ1) is 14.4. The molecule has 19 heavy (non-hydrogen) atoms. The minimum Gasteiger partial charge on any atom is -0.207 e. The molecule has 2 aromatic rings. The standard InChI is InChI=1S/C16H15Cl2F/c17-14-9-10-16(19)13(11-14)7-4-8-15(18)12-5-2-1-3-6-12/h1-3,5-6,9-11,15H,4,7-8H2. The SMILES string of the molecule is Fc1ccc(Cl)cc1CCCC(Cl)c1ccccc1. The summed E-state index contributed by atoms with van der Waals surface area (Å²) in [6.45, 7) is 0. The lowest BCUT2D eigenvalue weighted by Crippen LogP contribution is -1.95. The number of hydrogen-bond donors (Lipinski definition) is 0. The van der Waals surface area contributed by atoms with Crippen LogP contribution in [0.1, 0.15) is 29.3 Å². The predicted molar refractivity (Wildman–Crippen MR) is 79.4 cm³/mol. The van der Waals surface area contributed by atoms with Gasteiger partial charge in [0.05, 0.1) is 5.38 Å². The fourth-order valence-corrected chi connectivity index (χ4v) is 2.53. The van der Waals surface area contributed by atoms with Crippen LogP contribution in [0.2, 0.25) is 5.02 Å². The number of halogens is 3. The molecular weight excluding hydrogens is 282 g/mol. The van der Waals surface area contributed by atoms with E-state index in [0.717, 1.165) is 18.4 Å². The van der Waals surface area contributed by atoms with Crippen molar-refractivity contribution in [3.05, 3.63) is 70.5 Å². The van der Waals surface area contributed by atoms with E-state index in [9.17, 15) is 4.39 Å². The van der Waals surface area contributed by atoms with Crippen molar-refractivity contribution in [3.63, 3.8) is 0 Å². The maximum Gasteiger partial charge on any atom is 0.126 e. The minimum absolute atomic E-state index is 0.0246. The molecule has 0 radical (unpaired) electrons. The molecule has 1 unspecified atom stereocenters. The van der Waals surface area contributed by atoms with Crippen molar-refractivity contribution in [2.24, 2.45) is 0 Å². The lowest BCUT2D eigenvalue weighted by Gasteiger charge is -2.10. The van der Waals surface area contributed by atoms with E-state index in [1.54, 1.807) is 12.1 Å². The monoisotopic (exact) mass is 296 g/mol. The summed E-state index contributed by atoms with van der Waals surface area (Å²) in [5.74, 6) is -0.199. The Morgan fingerprint density at radius 3 is 2.53 bits per heavy atom. The molecule has 0 fully saturated rings. The van der Waals surface area contributed by atoms with Crippen LogP contribution in [0, 0.1) is 5.82 Å². The summed E-state index contributed by atoms with van der Waals surface area (Å²) in [7, 11) is 0. The molecular formula is C16H15Cl2F. The Morgan fingerprint density at radius 2 is 1.79 bits per heavy atom. The number of benzene rings is 2. The summed E-state index contributed by atoms with van der Waals surface area (Å²) in [5, 5.41) is 0.547. The van der Waals surface area contributed by atoms with Gasteiger partial charge in [-0.1, -0.05) is 41.9 Å². The lowest BCUT2D eigenvalue weighted by molar-refractivity contribution is 0.598. The zero-order valence-electron chi connectivity index (χ0n) is 10.5. The third-order valence-electron chi connectivity index (χ3n) is 3.07. The van der Waals surface area contributed by atoms with Crippen molar-refractivity contribution in [1.82, 2.24) is 0 Å². The van der Waals surface area contributed by atoms with Gasteiger partial charge in [-0.05, 0) is 48.6 Å². The Morgan fingerprint density at radius 1 is 1.05 bits per heavy atom. The fraction of sp³-hybridized carbons (Fsp3) is 0.250. The quantitative estimate of drug-likeness (QED) is 0.613. The molecule has 0 saturated carbocycles. The zero-order chi connectivity index (χ0) is 13.7. The van der Waals surface area contributed by atoms with Crippen molar-refractivity contribution in [3.8, 4) is 0 Å².